The normalized spacial score (nSPS) is 9.44. The molecule has 0 aliphatic heterocycles. The first-order valence-electron chi connectivity index (χ1n) is 4.93. The minimum absolute atomic E-state index is 0.293. The van der Waals surface area contributed by atoms with Crippen LogP contribution in [-0.4, -0.2) is 19.1 Å². The molecule has 0 saturated heterocycles. The zero-order valence-electron chi connectivity index (χ0n) is 9.84. The van der Waals surface area contributed by atoms with Gasteiger partial charge < -0.3 is 9.97 Å². The number of nitrogens with one attached hydrogen (secondary N) is 2. The molecule has 8 nitrogen and oxygen atoms in total. The van der Waals surface area contributed by atoms with Crippen molar-refractivity contribution in [3.05, 3.63) is 66.2 Å². The highest BCUT2D eigenvalue weighted by molar-refractivity contribution is 4.81. The molecule has 0 amide bonds. The lowest BCUT2D eigenvalue weighted by molar-refractivity contribution is 0.775. The number of hydrogen-bond acceptors (Lipinski definition) is 4. The SMILES string of the molecule is Cn1c(=O)cc[nH]c1=O.Cn1c(=O)cc[nH]c1=O. The maximum absolute atomic E-state index is 10.6. The summed E-state index contributed by atoms with van der Waals surface area (Å²) in [4.78, 5) is 47.0. The van der Waals surface area contributed by atoms with Crippen LogP contribution in [0.4, 0.5) is 0 Å². The van der Waals surface area contributed by atoms with Crippen molar-refractivity contribution in [3.8, 4) is 0 Å². The van der Waals surface area contributed by atoms with E-state index in [4.69, 9.17) is 0 Å². The maximum atomic E-state index is 10.6. The molecule has 0 saturated carbocycles. The summed E-state index contributed by atoms with van der Waals surface area (Å²) in [5.41, 5.74) is -1.36. The lowest BCUT2D eigenvalue weighted by atomic mass is 10.6. The third kappa shape index (κ3) is 3.17. The van der Waals surface area contributed by atoms with Crippen LogP contribution in [0.25, 0.3) is 0 Å². The van der Waals surface area contributed by atoms with Gasteiger partial charge in [0.05, 0.1) is 0 Å². The van der Waals surface area contributed by atoms with Crippen LogP contribution in [-0.2, 0) is 14.1 Å². The molecule has 2 N–H and O–H groups in total. The Morgan fingerprint density at radius 2 is 1.11 bits per heavy atom. The predicted octanol–water partition coefficient (Wildman–Crippen LogP) is -1.85. The monoisotopic (exact) mass is 252 g/mol. The highest BCUT2D eigenvalue weighted by Crippen LogP contribution is 1.58. The van der Waals surface area contributed by atoms with Gasteiger partial charge in [-0.05, 0) is 0 Å². The largest absolute Gasteiger partial charge is 0.328 e. The first-order chi connectivity index (χ1) is 8.43. The third-order valence-electron chi connectivity index (χ3n) is 2.14. The van der Waals surface area contributed by atoms with E-state index in [1.165, 1.54) is 38.6 Å². The van der Waals surface area contributed by atoms with Gasteiger partial charge in [0.1, 0.15) is 0 Å². The molecule has 96 valence electrons. The van der Waals surface area contributed by atoms with Crippen molar-refractivity contribution in [2.24, 2.45) is 14.1 Å². The molecule has 0 bridgehead atoms. The molecule has 0 radical (unpaired) electrons. The van der Waals surface area contributed by atoms with Crippen molar-refractivity contribution < 1.29 is 0 Å². The number of aromatic nitrogens is 4. The van der Waals surface area contributed by atoms with Crippen LogP contribution in [0, 0.1) is 0 Å². The molecular formula is C10H12N4O4. The molecule has 0 atom stereocenters. The van der Waals surface area contributed by atoms with Crippen LogP contribution in [0.15, 0.2) is 43.7 Å². The van der Waals surface area contributed by atoms with Crippen LogP contribution in [0.3, 0.4) is 0 Å². The molecule has 18 heavy (non-hydrogen) atoms. The third-order valence-corrected chi connectivity index (χ3v) is 2.14. The van der Waals surface area contributed by atoms with Crippen LogP contribution >= 0.6 is 0 Å². The van der Waals surface area contributed by atoms with Crippen molar-refractivity contribution in [1.29, 1.82) is 0 Å². The minimum atomic E-state index is -0.387. The summed E-state index contributed by atoms with van der Waals surface area (Å²) in [6.07, 6.45) is 2.65. The van der Waals surface area contributed by atoms with Crippen LogP contribution in [0.5, 0.6) is 0 Å². The highest BCUT2D eigenvalue weighted by Gasteiger charge is 1.89. The molecule has 2 aromatic heterocycles. The van der Waals surface area contributed by atoms with Crippen LogP contribution < -0.4 is 22.5 Å². The molecule has 2 rings (SSSR count). The van der Waals surface area contributed by atoms with Gasteiger partial charge in [-0.15, -0.1) is 0 Å². The van der Waals surface area contributed by atoms with Gasteiger partial charge in [-0.1, -0.05) is 0 Å². The summed E-state index contributed by atoms with van der Waals surface area (Å²) < 4.78 is 2.00. The fraction of sp³-hybridized carbons (Fsp3) is 0.200. The van der Waals surface area contributed by atoms with Crippen molar-refractivity contribution in [1.82, 2.24) is 19.1 Å². The highest BCUT2D eigenvalue weighted by atomic mass is 16.2. The number of H-pyrrole nitrogens is 2. The van der Waals surface area contributed by atoms with Crippen molar-refractivity contribution in [2.45, 2.75) is 0 Å². The Morgan fingerprint density at radius 1 is 0.778 bits per heavy atom. The van der Waals surface area contributed by atoms with E-state index in [2.05, 4.69) is 9.97 Å². The van der Waals surface area contributed by atoms with E-state index in [1.54, 1.807) is 0 Å². The van der Waals surface area contributed by atoms with Gasteiger partial charge in [0.2, 0.25) is 0 Å². The van der Waals surface area contributed by atoms with E-state index in [-0.39, 0.29) is 22.5 Å². The number of nitrogens with zero attached hydrogens (tertiary/aromatic N) is 2. The van der Waals surface area contributed by atoms with Gasteiger partial charge in [0.25, 0.3) is 11.1 Å². The standard InChI is InChI=1S/2C5H6N2O2/c2*1-7-4(8)2-3-6-5(7)9/h2*2-3H,1H3,(H,6,9). The second-order valence-electron chi connectivity index (χ2n) is 3.36. The van der Waals surface area contributed by atoms with Gasteiger partial charge in [0.15, 0.2) is 0 Å². The maximum Gasteiger partial charge on any atom is 0.328 e. The van der Waals surface area contributed by atoms with Crippen LogP contribution in [0.2, 0.25) is 0 Å². The van der Waals surface area contributed by atoms with E-state index in [1.807, 2.05) is 0 Å². The fourth-order valence-corrected chi connectivity index (χ4v) is 0.986. The lowest BCUT2D eigenvalue weighted by Crippen LogP contribution is -2.30. The van der Waals surface area contributed by atoms with Crippen LogP contribution in [0.1, 0.15) is 0 Å². The molecule has 0 aliphatic rings. The number of rotatable bonds is 0. The molecule has 0 unspecified atom stereocenters. The Morgan fingerprint density at radius 3 is 1.33 bits per heavy atom. The summed E-state index contributed by atoms with van der Waals surface area (Å²) in [7, 11) is 2.84. The van der Waals surface area contributed by atoms with E-state index in [0.29, 0.717) is 0 Å². The quantitative estimate of drug-likeness (QED) is 0.573. The Labute approximate surface area is 100 Å². The zero-order valence-corrected chi connectivity index (χ0v) is 9.84. The van der Waals surface area contributed by atoms with Crippen molar-refractivity contribution >= 4 is 0 Å². The summed E-state index contributed by atoms with van der Waals surface area (Å²) in [6, 6.07) is 2.59. The Bertz CT molecular complexity index is 627. The lowest BCUT2D eigenvalue weighted by Gasteiger charge is -1.88. The van der Waals surface area contributed by atoms with Gasteiger partial charge in [0, 0.05) is 38.6 Å². The van der Waals surface area contributed by atoms with Crippen molar-refractivity contribution in [2.75, 3.05) is 0 Å². The van der Waals surface area contributed by atoms with Gasteiger partial charge in [-0.2, -0.15) is 0 Å². The summed E-state index contributed by atoms with van der Waals surface area (Å²) >= 11 is 0. The molecule has 0 spiro atoms. The molecule has 0 aromatic carbocycles. The van der Waals surface area contributed by atoms with E-state index in [9.17, 15) is 19.2 Å². The van der Waals surface area contributed by atoms with Crippen molar-refractivity contribution in [3.63, 3.8) is 0 Å². The predicted molar refractivity (Wildman–Crippen MR) is 64.6 cm³/mol. The number of aromatic amines is 2. The second kappa shape index (κ2) is 5.62. The molecule has 0 fully saturated rings. The minimum Gasteiger partial charge on any atom is -0.314 e. The average molecular weight is 252 g/mol. The Balaban J connectivity index is 0.000000180. The zero-order chi connectivity index (χ0) is 13.7. The Kier molecular flexibility index (Phi) is 4.19. The molecule has 8 heteroatoms. The molecule has 2 aromatic rings. The second-order valence-corrected chi connectivity index (χ2v) is 3.36. The summed E-state index contributed by atoms with van der Waals surface area (Å²) in [5.74, 6) is 0. The fourth-order valence-electron chi connectivity index (χ4n) is 0.986. The smallest absolute Gasteiger partial charge is 0.314 e. The molecular weight excluding hydrogens is 240 g/mol. The van der Waals surface area contributed by atoms with E-state index in [0.717, 1.165) is 9.13 Å². The van der Waals surface area contributed by atoms with Gasteiger partial charge >= 0.3 is 11.4 Å². The molecule has 0 aliphatic carbocycles. The summed E-state index contributed by atoms with van der Waals surface area (Å²) in [6.45, 7) is 0. The Hall–Kier alpha value is -2.64. The number of hydrogen-bond donors (Lipinski definition) is 2. The van der Waals surface area contributed by atoms with Gasteiger partial charge in [-0.3, -0.25) is 18.7 Å². The van der Waals surface area contributed by atoms with E-state index < -0.39 is 0 Å². The first-order valence-corrected chi connectivity index (χ1v) is 4.93. The molecule has 2 heterocycles. The topological polar surface area (TPSA) is 110 Å². The summed E-state index contributed by atoms with van der Waals surface area (Å²) in [5, 5.41) is 0. The van der Waals surface area contributed by atoms with Gasteiger partial charge in [-0.25, -0.2) is 9.59 Å². The average Bonchev–Trinajstić information content (AvgIpc) is 2.34. The first kappa shape index (κ1) is 13.4. The van der Waals surface area contributed by atoms with E-state index >= 15 is 0 Å².